The van der Waals surface area contributed by atoms with Crippen molar-refractivity contribution in [1.29, 1.82) is 0 Å². The van der Waals surface area contributed by atoms with Crippen molar-refractivity contribution in [3.8, 4) is 0 Å². The standard InChI is InChI=1S/C10H12BO/c1-7-4-5-9(11-3)6-10(7)8(2)12/h4-6H,1-3H3. The molecule has 1 aromatic rings. The number of benzene rings is 1. The highest BCUT2D eigenvalue weighted by molar-refractivity contribution is 6.52. The van der Waals surface area contributed by atoms with E-state index in [1.165, 1.54) is 0 Å². The Morgan fingerprint density at radius 3 is 2.58 bits per heavy atom. The molecule has 0 aliphatic rings. The summed E-state index contributed by atoms with van der Waals surface area (Å²) in [5.41, 5.74) is 2.98. The molecule has 0 aromatic heterocycles. The summed E-state index contributed by atoms with van der Waals surface area (Å²) in [5.74, 6) is 0.135. The van der Waals surface area contributed by atoms with Gasteiger partial charge in [-0.25, -0.2) is 0 Å². The van der Waals surface area contributed by atoms with E-state index in [-0.39, 0.29) is 5.78 Å². The van der Waals surface area contributed by atoms with Gasteiger partial charge in [-0.15, -0.1) is 0 Å². The first-order valence-electron chi connectivity index (χ1n) is 4.06. The Bertz CT molecular complexity index is 305. The average Bonchev–Trinajstić information content (AvgIpc) is 2.05. The zero-order valence-electron chi connectivity index (χ0n) is 7.72. The van der Waals surface area contributed by atoms with Gasteiger partial charge in [0.2, 0.25) is 0 Å². The molecule has 1 rings (SSSR count). The van der Waals surface area contributed by atoms with Crippen molar-refractivity contribution in [3.05, 3.63) is 29.3 Å². The van der Waals surface area contributed by atoms with Crippen LogP contribution in [0.4, 0.5) is 0 Å². The van der Waals surface area contributed by atoms with E-state index in [9.17, 15) is 4.79 Å². The van der Waals surface area contributed by atoms with Gasteiger partial charge in [0.15, 0.2) is 5.78 Å². The van der Waals surface area contributed by atoms with Gasteiger partial charge in [0.05, 0.1) is 0 Å². The highest BCUT2D eigenvalue weighted by Crippen LogP contribution is 2.05. The van der Waals surface area contributed by atoms with Crippen LogP contribution in [-0.2, 0) is 0 Å². The van der Waals surface area contributed by atoms with Crippen molar-refractivity contribution < 1.29 is 4.79 Å². The first kappa shape index (κ1) is 9.05. The van der Waals surface area contributed by atoms with Crippen LogP contribution in [0.2, 0.25) is 6.82 Å². The first-order chi connectivity index (χ1) is 5.65. The Hall–Kier alpha value is -1.05. The van der Waals surface area contributed by atoms with Crippen molar-refractivity contribution in [2.45, 2.75) is 20.7 Å². The lowest BCUT2D eigenvalue weighted by Crippen LogP contribution is -2.13. The lowest BCUT2D eigenvalue weighted by molar-refractivity contribution is 0.101. The number of ketones is 1. The van der Waals surface area contributed by atoms with Crippen LogP contribution >= 0.6 is 0 Å². The van der Waals surface area contributed by atoms with Crippen LogP contribution in [0.3, 0.4) is 0 Å². The number of rotatable bonds is 2. The molecule has 61 valence electrons. The number of hydrogen-bond acceptors (Lipinski definition) is 1. The molecule has 0 atom stereocenters. The Labute approximate surface area is 74.0 Å². The number of carbonyl (C=O) groups is 1. The smallest absolute Gasteiger partial charge is 0.160 e. The molecular formula is C10H12BO. The van der Waals surface area contributed by atoms with Crippen LogP contribution in [0.5, 0.6) is 0 Å². The topological polar surface area (TPSA) is 17.1 Å². The minimum Gasteiger partial charge on any atom is -0.295 e. The van der Waals surface area contributed by atoms with Crippen LogP contribution in [0.1, 0.15) is 22.8 Å². The monoisotopic (exact) mass is 159 g/mol. The SMILES string of the molecule is C[B]c1ccc(C)c(C(C)=O)c1. The van der Waals surface area contributed by atoms with Gasteiger partial charge in [-0.05, 0) is 19.4 Å². The maximum absolute atomic E-state index is 11.1. The number of Topliss-reactive ketones (excluding diaryl/α,β-unsaturated/α-hetero) is 1. The second kappa shape index (κ2) is 3.57. The van der Waals surface area contributed by atoms with E-state index >= 15 is 0 Å². The third-order valence-corrected chi connectivity index (χ3v) is 1.97. The molecule has 0 unspecified atom stereocenters. The third kappa shape index (κ3) is 1.76. The molecule has 0 aliphatic heterocycles. The minimum absolute atomic E-state index is 0.135. The Balaban J connectivity index is 3.17. The second-order valence-corrected chi connectivity index (χ2v) is 2.92. The largest absolute Gasteiger partial charge is 0.295 e. The molecule has 0 saturated carbocycles. The summed E-state index contributed by atoms with van der Waals surface area (Å²) < 4.78 is 0. The Morgan fingerprint density at radius 1 is 1.42 bits per heavy atom. The molecule has 2 heteroatoms. The molecule has 1 nitrogen and oxygen atoms in total. The van der Waals surface area contributed by atoms with Crippen LogP contribution in [-0.4, -0.2) is 13.1 Å². The van der Waals surface area contributed by atoms with E-state index < -0.39 is 0 Å². The number of hydrogen-bond donors (Lipinski definition) is 0. The van der Waals surface area contributed by atoms with Crippen molar-refractivity contribution in [3.63, 3.8) is 0 Å². The fraction of sp³-hybridized carbons (Fsp3) is 0.300. The fourth-order valence-electron chi connectivity index (χ4n) is 1.20. The minimum atomic E-state index is 0.135. The predicted octanol–water partition coefficient (Wildman–Crippen LogP) is 1.58. The molecule has 0 heterocycles. The average molecular weight is 159 g/mol. The molecule has 0 N–H and O–H groups in total. The summed E-state index contributed by atoms with van der Waals surface area (Å²) in [6.07, 6.45) is 0. The summed E-state index contributed by atoms with van der Waals surface area (Å²) in [5, 5.41) is 0. The van der Waals surface area contributed by atoms with Gasteiger partial charge in [0.25, 0.3) is 0 Å². The molecular weight excluding hydrogens is 147 g/mol. The number of carbonyl (C=O) groups excluding carboxylic acids is 1. The molecule has 1 radical (unpaired) electrons. The molecule has 1 aromatic carbocycles. The third-order valence-electron chi connectivity index (χ3n) is 1.97. The maximum Gasteiger partial charge on any atom is 0.160 e. The summed E-state index contributed by atoms with van der Waals surface area (Å²) >= 11 is 0. The molecule has 12 heavy (non-hydrogen) atoms. The van der Waals surface area contributed by atoms with E-state index in [0.29, 0.717) is 0 Å². The van der Waals surface area contributed by atoms with E-state index in [1.807, 2.05) is 39.2 Å². The van der Waals surface area contributed by atoms with Crippen molar-refractivity contribution >= 4 is 18.5 Å². The second-order valence-electron chi connectivity index (χ2n) is 2.92. The van der Waals surface area contributed by atoms with E-state index in [4.69, 9.17) is 0 Å². The lowest BCUT2D eigenvalue weighted by Gasteiger charge is -2.03. The zero-order chi connectivity index (χ0) is 9.14. The van der Waals surface area contributed by atoms with Crippen molar-refractivity contribution in [2.75, 3.05) is 0 Å². The zero-order valence-corrected chi connectivity index (χ0v) is 7.72. The molecule has 0 spiro atoms. The van der Waals surface area contributed by atoms with E-state index in [1.54, 1.807) is 6.92 Å². The van der Waals surface area contributed by atoms with Gasteiger partial charge in [0, 0.05) is 5.56 Å². The summed E-state index contributed by atoms with van der Waals surface area (Å²) in [7, 11) is 1.99. The van der Waals surface area contributed by atoms with Gasteiger partial charge in [0.1, 0.15) is 7.28 Å². The first-order valence-corrected chi connectivity index (χ1v) is 4.06. The normalized spacial score (nSPS) is 9.58. The molecule has 0 amide bonds. The molecule has 0 fully saturated rings. The van der Waals surface area contributed by atoms with Crippen molar-refractivity contribution in [1.82, 2.24) is 0 Å². The predicted molar refractivity (Wildman–Crippen MR) is 52.4 cm³/mol. The van der Waals surface area contributed by atoms with Gasteiger partial charge < -0.3 is 0 Å². The van der Waals surface area contributed by atoms with Gasteiger partial charge in [-0.3, -0.25) is 4.79 Å². The highest BCUT2D eigenvalue weighted by Gasteiger charge is 2.03. The highest BCUT2D eigenvalue weighted by atomic mass is 16.1. The fourth-order valence-corrected chi connectivity index (χ4v) is 1.20. The van der Waals surface area contributed by atoms with Gasteiger partial charge in [-0.2, -0.15) is 0 Å². The van der Waals surface area contributed by atoms with E-state index in [0.717, 1.165) is 16.6 Å². The maximum atomic E-state index is 11.1. The van der Waals surface area contributed by atoms with Gasteiger partial charge in [-0.1, -0.05) is 30.5 Å². The summed E-state index contributed by atoms with van der Waals surface area (Å²) in [4.78, 5) is 11.1. The molecule has 0 bridgehead atoms. The summed E-state index contributed by atoms with van der Waals surface area (Å²) in [6.45, 7) is 5.52. The van der Waals surface area contributed by atoms with Crippen molar-refractivity contribution in [2.24, 2.45) is 0 Å². The molecule has 0 saturated heterocycles. The Kier molecular flexibility index (Phi) is 2.69. The van der Waals surface area contributed by atoms with E-state index in [2.05, 4.69) is 0 Å². The lowest BCUT2D eigenvalue weighted by atomic mass is 9.72. The summed E-state index contributed by atoms with van der Waals surface area (Å²) in [6, 6.07) is 5.92. The quantitative estimate of drug-likeness (QED) is 0.472. The Morgan fingerprint density at radius 2 is 2.08 bits per heavy atom. The molecule has 0 aliphatic carbocycles. The van der Waals surface area contributed by atoms with Crippen LogP contribution in [0.25, 0.3) is 0 Å². The van der Waals surface area contributed by atoms with Crippen LogP contribution < -0.4 is 5.46 Å². The number of aryl methyl sites for hydroxylation is 1. The van der Waals surface area contributed by atoms with Gasteiger partial charge >= 0.3 is 0 Å². The van der Waals surface area contributed by atoms with Crippen LogP contribution in [0, 0.1) is 6.92 Å². The van der Waals surface area contributed by atoms with Crippen LogP contribution in [0.15, 0.2) is 18.2 Å².